The van der Waals surface area contributed by atoms with Gasteiger partial charge in [0.1, 0.15) is 5.69 Å². The smallest absolute Gasteiger partial charge is 0.269 e. The zero-order valence-corrected chi connectivity index (χ0v) is 17.6. The number of fused-ring (bicyclic) bond motifs is 1. The number of piperazine rings is 1. The van der Waals surface area contributed by atoms with E-state index < -0.39 is 0 Å². The van der Waals surface area contributed by atoms with Crippen molar-refractivity contribution in [2.75, 3.05) is 25.0 Å². The monoisotopic (exact) mass is 394 g/mol. The Morgan fingerprint density at radius 1 is 1.28 bits per heavy atom. The first-order chi connectivity index (χ1) is 13.9. The van der Waals surface area contributed by atoms with Crippen molar-refractivity contribution in [1.29, 1.82) is 0 Å². The average molecular weight is 395 g/mol. The summed E-state index contributed by atoms with van der Waals surface area (Å²) in [5, 5.41) is 4.29. The van der Waals surface area contributed by atoms with Crippen molar-refractivity contribution in [3.8, 4) is 0 Å². The van der Waals surface area contributed by atoms with Crippen molar-refractivity contribution in [1.82, 2.24) is 25.2 Å². The lowest BCUT2D eigenvalue weighted by atomic mass is 10.1. The van der Waals surface area contributed by atoms with Gasteiger partial charge in [0.15, 0.2) is 0 Å². The number of benzene rings is 1. The van der Waals surface area contributed by atoms with Gasteiger partial charge in [-0.15, -0.1) is 0 Å². The second-order valence-electron chi connectivity index (χ2n) is 8.33. The van der Waals surface area contributed by atoms with Gasteiger partial charge in [-0.3, -0.25) is 9.69 Å². The summed E-state index contributed by atoms with van der Waals surface area (Å²) in [5.74, 6) is 0.651. The fraction of sp³-hybridized carbons (Fsp3) is 0.455. The minimum atomic E-state index is -0.119. The van der Waals surface area contributed by atoms with Crippen LogP contribution in [0.2, 0.25) is 0 Å². The molecular formula is C22H30N6O. The van der Waals surface area contributed by atoms with E-state index in [1.165, 1.54) is 10.9 Å². The third-order valence-corrected chi connectivity index (χ3v) is 6.04. The number of hydrogen-bond acceptors (Lipinski definition) is 4. The molecule has 4 rings (SSSR count). The molecule has 1 fully saturated rings. The van der Waals surface area contributed by atoms with E-state index in [4.69, 9.17) is 0 Å². The van der Waals surface area contributed by atoms with E-state index in [0.29, 0.717) is 17.8 Å². The lowest BCUT2D eigenvalue weighted by Crippen LogP contribution is -2.55. The van der Waals surface area contributed by atoms with E-state index in [9.17, 15) is 4.79 Å². The summed E-state index contributed by atoms with van der Waals surface area (Å²) in [6, 6.07) is 9.12. The molecule has 0 aliphatic carbocycles. The van der Waals surface area contributed by atoms with Crippen LogP contribution in [0.15, 0.2) is 36.7 Å². The number of amides is 1. The number of anilines is 1. The number of para-hydroxylation sites is 1. The number of nitrogens with zero attached hydrogens (tertiary/aromatic N) is 3. The molecule has 1 aliphatic heterocycles. The van der Waals surface area contributed by atoms with Crippen LogP contribution in [0, 0.1) is 0 Å². The van der Waals surface area contributed by atoms with Gasteiger partial charge in [-0.25, -0.2) is 4.98 Å². The molecule has 0 spiro atoms. The molecule has 7 nitrogen and oxygen atoms in total. The van der Waals surface area contributed by atoms with Crippen LogP contribution < -0.4 is 10.2 Å². The number of aromatic amines is 2. The zero-order chi connectivity index (χ0) is 20.5. The molecular weight excluding hydrogens is 364 g/mol. The summed E-state index contributed by atoms with van der Waals surface area (Å²) < 4.78 is 0. The minimum Gasteiger partial charge on any atom is -0.361 e. The Balaban J connectivity index is 1.39. The van der Waals surface area contributed by atoms with Crippen LogP contribution in [-0.4, -0.2) is 64.0 Å². The molecule has 1 saturated heterocycles. The molecule has 0 saturated carbocycles. The van der Waals surface area contributed by atoms with Gasteiger partial charge < -0.3 is 20.2 Å². The Hall–Kier alpha value is -2.80. The normalized spacial score (nSPS) is 21.4. The van der Waals surface area contributed by atoms with Gasteiger partial charge in [0.2, 0.25) is 5.95 Å². The third kappa shape index (κ3) is 4.00. The van der Waals surface area contributed by atoms with Gasteiger partial charge in [-0.1, -0.05) is 18.2 Å². The highest BCUT2D eigenvalue weighted by Gasteiger charge is 2.28. The second kappa shape index (κ2) is 7.91. The number of hydrogen-bond donors (Lipinski definition) is 3. The van der Waals surface area contributed by atoms with Crippen LogP contribution in [-0.2, 0) is 6.42 Å². The number of H-pyrrole nitrogens is 2. The fourth-order valence-electron chi connectivity index (χ4n) is 4.15. The van der Waals surface area contributed by atoms with Crippen molar-refractivity contribution in [2.45, 2.75) is 45.3 Å². The number of likely N-dealkylation sites (N-methyl/N-ethyl adjacent to an activating group) is 1. The molecule has 1 aliphatic rings. The summed E-state index contributed by atoms with van der Waals surface area (Å²) in [5.41, 5.74) is 2.83. The molecule has 3 heterocycles. The first kappa shape index (κ1) is 19.5. The van der Waals surface area contributed by atoms with Crippen molar-refractivity contribution in [2.24, 2.45) is 0 Å². The third-order valence-electron chi connectivity index (χ3n) is 6.04. The predicted octanol–water partition coefficient (Wildman–Crippen LogP) is 2.78. The molecule has 29 heavy (non-hydrogen) atoms. The maximum Gasteiger partial charge on any atom is 0.269 e. The van der Waals surface area contributed by atoms with Gasteiger partial charge in [-0.05, 0) is 45.9 Å². The Labute approximate surface area is 171 Å². The summed E-state index contributed by atoms with van der Waals surface area (Å²) in [6.45, 7) is 8.25. The van der Waals surface area contributed by atoms with Crippen molar-refractivity contribution < 1.29 is 4.79 Å². The van der Waals surface area contributed by atoms with Crippen LogP contribution in [0.3, 0.4) is 0 Å². The standard InChI is InChI=1S/C22H30N6O/c1-14(9-17-10-23-19-8-6-5-7-18(17)19)25-21(29)20-11-24-22(26-20)28-12-15(2)27(4)16(3)13-28/h5-8,10-11,14-16,23H,9,12-13H2,1-4H3,(H,24,26)(H,25,29)/t14?,15-,16-/m1/s1. The van der Waals surface area contributed by atoms with Crippen molar-refractivity contribution in [3.05, 3.63) is 47.9 Å². The molecule has 0 radical (unpaired) electrons. The lowest BCUT2D eigenvalue weighted by Gasteiger charge is -2.42. The molecule has 3 atom stereocenters. The number of carbonyl (C=O) groups is 1. The molecule has 1 amide bonds. The average Bonchev–Trinajstić information content (AvgIpc) is 3.34. The van der Waals surface area contributed by atoms with Crippen LogP contribution in [0.1, 0.15) is 36.8 Å². The largest absolute Gasteiger partial charge is 0.361 e. The van der Waals surface area contributed by atoms with E-state index in [-0.39, 0.29) is 11.9 Å². The lowest BCUT2D eigenvalue weighted by molar-refractivity contribution is 0.0935. The Kier molecular flexibility index (Phi) is 5.32. The van der Waals surface area contributed by atoms with E-state index in [1.807, 2.05) is 25.3 Å². The Morgan fingerprint density at radius 3 is 2.76 bits per heavy atom. The topological polar surface area (TPSA) is 80.1 Å². The minimum absolute atomic E-state index is 0.0112. The second-order valence-corrected chi connectivity index (χ2v) is 8.33. The van der Waals surface area contributed by atoms with Crippen LogP contribution in [0.4, 0.5) is 5.95 Å². The summed E-state index contributed by atoms with van der Waals surface area (Å²) in [6.07, 6.45) is 4.43. The number of rotatable bonds is 5. The van der Waals surface area contributed by atoms with Gasteiger partial charge in [0, 0.05) is 48.3 Å². The fourth-order valence-corrected chi connectivity index (χ4v) is 4.15. The van der Waals surface area contributed by atoms with E-state index in [2.05, 4.69) is 63.1 Å². The van der Waals surface area contributed by atoms with Crippen LogP contribution >= 0.6 is 0 Å². The maximum absolute atomic E-state index is 12.7. The van der Waals surface area contributed by atoms with E-state index >= 15 is 0 Å². The highest BCUT2D eigenvalue weighted by atomic mass is 16.2. The van der Waals surface area contributed by atoms with Crippen LogP contribution in [0.5, 0.6) is 0 Å². The van der Waals surface area contributed by atoms with Gasteiger partial charge >= 0.3 is 0 Å². The molecule has 1 aromatic carbocycles. The first-order valence-corrected chi connectivity index (χ1v) is 10.3. The van der Waals surface area contributed by atoms with E-state index in [0.717, 1.165) is 31.0 Å². The number of carbonyl (C=O) groups excluding carboxylic acids is 1. The summed E-state index contributed by atoms with van der Waals surface area (Å²) >= 11 is 0. The maximum atomic E-state index is 12.7. The summed E-state index contributed by atoms with van der Waals surface area (Å²) in [4.78, 5) is 28.3. The highest BCUT2D eigenvalue weighted by molar-refractivity contribution is 5.92. The van der Waals surface area contributed by atoms with Gasteiger partial charge in [-0.2, -0.15) is 0 Å². The predicted molar refractivity (Wildman–Crippen MR) is 116 cm³/mol. The molecule has 3 aromatic rings. The molecule has 154 valence electrons. The molecule has 3 N–H and O–H groups in total. The van der Waals surface area contributed by atoms with Crippen LogP contribution in [0.25, 0.3) is 10.9 Å². The molecule has 7 heteroatoms. The quantitative estimate of drug-likeness (QED) is 0.622. The summed E-state index contributed by atoms with van der Waals surface area (Å²) in [7, 11) is 2.16. The number of imidazole rings is 1. The molecule has 1 unspecified atom stereocenters. The number of nitrogens with one attached hydrogen (secondary N) is 3. The highest BCUT2D eigenvalue weighted by Crippen LogP contribution is 2.20. The molecule has 0 bridgehead atoms. The Morgan fingerprint density at radius 2 is 2.00 bits per heavy atom. The van der Waals surface area contributed by atoms with Crippen molar-refractivity contribution >= 4 is 22.8 Å². The zero-order valence-electron chi connectivity index (χ0n) is 17.6. The van der Waals surface area contributed by atoms with E-state index in [1.54, 1.807) is 6.20 Å². The number of aromatic nitrogens is 3. The first-order valence-electron chi connectivity index (χ1n) is 10.3. The van der Waals surface area contributed by atoms with Crippen molar-refractivity contribution in [3.63, 3.8) is 0 Å². The SMILES string of the molecule is CC(Cc1c[nH]c2ccccc12)NC(=O)c1cnc(N2C[C@@H](C)N(C)[C@H](C)C2)[nH]1. The Bertz CT molecular complexity index is 980. The van der Waals surface area contributed by atoms with Gasteiger partial charge in [0.25, 0.3) is 5.91 Å². The van der Waals surface area contributed by atoms with Gasteiger partial charge in [0.05, 0.1) is 6.20 Å². The molecule has 2 aromatic heterocycles.